The number of nitrogens with one attached hydrogen (secondary N) is 1. The number of aryl methyl sites for hydroxylation is 1. The van der Waals surface area contributed by atoms with E-state index >= 15 is 0 Å². The first-order valence-electron chi connectivity index (χ1n) is 10.9. The molecule has 3 amide bonds. The number of rotatable bonds is 4. The number of hydrogen-bond acceptors (Lipinski definition) is 7. The van der Waals surface area contributed by atoms with Crippen molar-refractivity contribution in [2.24, 2.45) is 10.7 Å². The van der Waals surface area contributed by atoms with Crippen LogP contribution in [0, 0.1) is 0 Å². The van der Waals surface area contributed by atoms with Crippen LogP contribution in [0.3, 0.4) is 0 Å². The molecule has 0 spiro atoms. The van der Waals surface area contributed by atoms with Crippen molar-refractivity contribution in [3.05, 3.63) is 53.1 Å². The number of carbonyl (C=O) groups is 4. The number of amidine groups is 1. The Kier molecular flexibility index (Phi) is 5.37. The lowest BCUT2D eigenvalue weighted by Gasteiger charge is -2.33. The van der Waals surface area contributed by atoms with Gasteiger partial charge in [0.2, 0.25) is 12.0 Å². The van der Waals surface area contributed by atoms with E-state index in [4.69, 9.17) is 10.5 Å². The Morgan fingerprint density at radius 1 is 1.12 bits per heavy atom. The van der Waals surface area contributed by atoms with Crippen LogP contribution in [0.2, 0.25) is 0 Å². The van der Waals surface area contributed by atoms with E-state index in [0.29, 0.717) is 36.6 Å². The lowest BCUT2D eigenvalue weighted by atomic mass is 10.0. The SMILES string of the molecule is CN1C(=O)CCc2ccc(N3CCO[C@H](C(=O)C(=O)Nc4ccc5c(c4)CN=C5N)C3=O)cc21. The molecular weight excluding hydrogens is 438 g/mol. The molecule has 0 aliphatic carbocycles. The summed E-state index contributed by atoms with van der Waals surface area (Å²) in [7, 11) is 1.70. The minimum absolute atomic E-state index is 0.00323. The van der Waals surface area contributed by atoms with Crippen molar-refractivity contribution in [1.82, 2.24) is 0 Å². The minimum Gasteiger partial charge on any atom is -0.383 e. The van der Waals surface area contributed by atoms with Gasteiger partial charge in [0.1, 0.15) is 5.84 Å². The Labute approximate surface area is 195 Å². The third-order valence-electron chi connectivity index (χ3n) is 6.33. The Hall–Kier alpha value is -4.05. The van der Waals surface area contributed by atoms with Crippen molar-refractivity contribution in [3.8, 4) is 0 Å². The molecule has 3 aliphatic heterocycles. The van der Waals surface area contributed by atoms with Gasteiger partial charge in [-0.15, -0.1) is 0 Å². The van der Waals surface area contributed by atoms with Crippen molar-refractivity contribution in [1.29, 1.82) is 0 Å². The van der Waals surface area contributed by atoms with E-state index in [9.17, 15) is 19.2 Å². The van der Waals surface area contributed by atoms with Crippen LogP contribution in [-0.4, -0.2) is 55.6 Å². The highest BCUT2D eigenvalue weighted by Crippen LogP contribution is 2.32. The topological polar surface area (TPSA) is 134 Å². The summed E-state index contributed by atoms with van der Waals surface area (Å²) in [5.41, 5.74) is 10.1. The van der Waals surface area contributed by atoms with Crippen LogP contribution >= 0.6 is 0 Å². The average Bonchev–Trinajstić information content (AvgIpc) is 3.21. The van der Waals surface area contributed by atoms with Gasteiger partial charge in [-0.3, -0.25) is 24.2 Å². The number of anilines is 3. The monoisotopic (exact) mass is 461 g/mol. The molecule has 3 heterocycles. The second-order valence-electron chi connectivity index (χ2n) is 8.40. The van der Waals surface area contributed by atoms with Crippen molar-refractivity contribution in [2.45, 2.75) is 25.5 Å². The lowest BCUT2D eigenvalue weighted by Crippen LogP contribution is -2.53. The second-order valence-corrected chi connectivity index (χ2v) is 8.40. The van der Waals surface area contributed by atoms with E-state index in [1.54, 1.807) is 42.3 Å². The maximum Gasteiger partial charge on any atom is 0.295 e. The fourth-order valence-corrected chi connectivity index (χ4v) is 4.44. The molecule has 3 aliphatic rings. The first-order chi connectivity index (χ1) is 16.3. The highest BCUT2D eigenvalue weighted by molar-refractivity contribution is 6.46. The molecule has 34 heavy (non-hydrogen) atoms. The molecule has 0 unspecified atom stereocenters. The second kappa shape index (κ2) is 8.38. The van der Waals surface area contributed by atoms with Gasteiger partial charge in [-0.2, -0.15) is 0 Å². The van der Waals surface area contributed by atoms with Gasteiger partial charge in [0.25, 0.3) is 17.6 Å². The molecule has 0 bridgehead atoms. The van der Waals surface area contributed by atoms with Crippen LogP contribution in [0.1, 0.15) is 23.1 Å². The van der Waals surface area contributed by atoms with E-state index in [1.807, 2.05) is 6.07 Å². The number of amides is 3. The summed E-state index contributed by atoms with van der Waals surface area (Å²) in [4.78, 5) is 57.8. The number of fused-ring (bicyclic) bond motifs is 2. The first kappa shape index (κ1) is 21.8. The third kappa shape index (κ3) is 3.71. The van der Waals surface area contributed by atoms with Gasteiger partial charge in [-0.1, -0.05) is 6.07 Å². The molecule has 1 saturated heterocycles. The maximum absolute atomic E-state index is 13.1. The summed E-state index contributed by atoms with van der Waals surface area (Å²) >= 11 is 0. The number of ketones is 1. The molecule has 0 radical (unpaired) electrons. The normalized spacial score (nSPS) is 19.4. The van der Waals surface area contributed by atoms with E-state index < -0.39 is 23.7 Å². The van der Waals surface area contributed by atoms with E-state index in [2.05, 4.69) is 10.3 Å². The van der Waals surface area contributed by atoms with Gasteiger partial charge >= 0.3 is 0 Å². The highest BCUT2D eigenvalue weighted by atomic mass is 16.5. The van der Waals surface area contributed by atoms with E-state index in [0.717, 1.165) is 22.4 Å². The summed E-state index contributed by atoms with van der Waals surface area (Å²) in [5.74, 6) is -2.10. The van der Waals surface area contributed by atoms with Gasteiger partial charge in [-0.05, 0) is 47.9 Å². The molecule has 174 valence electrons. The largest absolute Gasteiger partial charge is 0.383 e. The van der Waals surface area contributed by atoms with Gasteiger partial charge in [-0.25, -0.2) is 0 Å². The maximum atomic E-state index is 13.1. The predicted octanol–water partition coefficient (Wildman–Crippen LogP) is 0.754. The summed E-state index contributed by atoms with van der Waals surface area (Å²) in [6, 6.07) is 10.5. The van der Waals surface area contributed by atoms with Gasteiger partial charge in [0.05, 0.1) is 13.2 Å². The molecule has 10 nitrogen and oxygen atoms in total. The number of ether oxygens (including phenoxy) is 1. The van der Waals surface area contributed by atoms with Crippen LogP contribution in [0.5, 0.6) is 0 Å². The molecule has 0 aromatic heterocycles. The van der Waals surface area contributed by atoms with E-state index in [-0.39, 0.29) is 19.1 Å². The zero-order chi connectivity index (χ0) is 24.0. The molecule has 2 aromatic rings. The number of hydrogen-bond donors (Lipinski definition) is 2. The predicted molar refractivity (Wildman–Crippen MR) is 125 cm³/mol. The van der Waals surface area contributed by atoms with Crippen molar-refractivity contribution < 1.29 is 23.9 Å². The zero-order valence-corrected chi connectivity index (χ0v) is 18.5. The van der Waals surface area contributed by atoms with Gasteiger partial charge < -0.3 is 25.6 Å². The Balaban J connectivity index is 1.31. The molecule has 10 heteroatoms. The summed E-state index contributed by atoms with van der Waals surface area (Å²) in [6.45, 7) is 0.725. The quantitative estimate of drug-likeness (QED) is 0.510. The Morgan fingerprint density at radius 3 is 2.76 bits per heavy atom. The molecule has 2 aromatic carbocycles. The number of Topliss-reactive ketones (excluding diaryl/α,β-unsaturated/α-hetero) is 1. The first-order valence-corrected chi connectivity index (χ1v) is 10.9. The molecule has 1 atom stereocenters. The summed E-state index contributed by atoms with van der Waals surface area (Å²) in [5, 5.41) is 2.54. The standard InChI is InChI=1S/C24H23N5O5/c1-28-18-11-16(5-2-13(18)3-7-19(28)30)29-8-9-34-21(24(29)33)20(31)23(32)27-15-4-6-17-14(10-15)12-26-22(17)25/h2,4-6,10-11,21H,3,7-9,12H2,1H3,(H2,25,26)(H,27,32)/t21-/m1/s1. The molecule has 0 saturated carbocycles. The van der Waals surface area contributed by atoms with E-state index in [1.165, 1.54) is 4.90 Å². The fourth-order valence-electron chi connectivity index (χ4n) is 4.44. The highest BCUT2D eigenvalue weighted by Gasteiger charge is 2.39. The van der Waals surface area contributed by atoms with Crippen molar-refractivity contribution in [2.75, 3.05) is 35.3 Å². The smallest absolute Gasteiger partial charge is 0.295 e. The molecule has 3 N–H and O–H groups in total. The average molecular weight is 461 g/mol. The third-order valence-corrected chi connectivity index (χ3v) is 6.33. The van der Waals surface area contributed by atoms with Gasteiger partial charge in [0.15, 0.2) is 0 Å². The number of nitrogens with two attached hydrogens (primary N) is 1. The summed E-state index contributed by atoms with van der Waals surface area (Å²) in [6.07, 6.45) is -0.466. The van der Waals surface area contributed by atoms with Crippen molar-refractivity contribution >= 4 is 46.4 Å². The number of nitrogens with zero attached hydrogens (tertiary/aromatic N) is 3. The van der Waals surface area contributed by atoms with Crippen LogP contribution in [0.15, 0.2) is 41.4 Å². The number of morpholine rings is 1. The van der Waals surface area contributed by atoms with Gasteiger partial charge in [0, 0.05) is 42.6 Å². The van der Waals surface area contributed by atoms with Crippen molar-refractivity contribution in [3.63, 3.8) is 0 Å². The van der Waals surface area contributed by atoms with Crippen LogP contribution in [0.4, 0.5) is 17.1 Å². The number of benzene rings is 2. The van der Waals surface area contributed by atoms with Crippen LogP contribution in [0.25, 0.3) is 0 Å². The minimum atomic E-state index is -1.54. The zero-order valence-electron chi connectivity index (χ0n) is 18.5. The lowest BCUT2D eigenvalue weighted by molar-refractivity contribution is -0.150. The molecular formula is C24H23N5O5. The molecule has 1 fully saturated rings. The number of aliphatic imine (C=N–C) groups is 1. The molecule has 5 rings (SSSR count). The fraction of sp³-hybridized carbons (Fsp3) is 0.292. The Morgan fingerprint density at radius 2 is 1.94 bits per heavy atom. The summed E-state index contributed by atoms with van der Waals surface area (Å²) < 4.78 is 5.40. The Bertz CT molecular complexity index is 1270. The number of carbonyl (C=O) groups excluding carboxylic acids is 4. The van der Waals surface area contributed by atoms with Crippen LogP contribution < -0.4 is 20.9 Å². The van der Waals surface area contributed by atoms with Crippen LogP contribution in [-0.2, 0) is 36.9 Å².